The minimum atomic E-state index is -0.240. The molecule has 0 unspecified atom stereocenters. The van der Waals surface area contributed by atoms with E-state index in [1.54, 1.807) is 26.4 Å². The number of methoxy groups -OCH3 is 1. The van der Waals surface area contributed by atoms with Crippen molar-refractivity contribution in [2.45, 2.75) is 25.7 Å². The zero-order valence-corrected chi connectivity index (χ0v) is 23.9. The van der Waals surface area contributed by atoms with Gasteiger partial charge in [-0.25, -0.2) is 4.68 Å². The molecule has 41 heavy (non-hydrogen) atoms. The van der Waals surface area contributed by atoms with Crippen molar-refractivity contribution in [3.05, 3.63) is 102 Å². The number of ether oxygens (including phenoxy) is 1. The van der Waals surface area contributed by atoms with Gasteiger partial charge >= 0.3 is 0 Å². The Bertz CT molecular complexity index is 1470. The van der Waals surface area contributed by atoms with Crippen molar-refractivity contribution in [1.82, 2.24) is 25.0 Å². The lowest BCUT2D eigenvalue weighted by molar-refractivity contribution is -0.119. The summed E-state index contributed by atoms with van der Waals surface area (Å²) in [5.41, 5.74) is 5.88. The minimum absolute atomic E-state index is 0.198. The number of nitrogens with zero attached hydrogens (tertiary/aromatic N) is 4. The monoisotopic (exact) mass is 551 g/mol. The van der Waals surface area contributed by atoms with Gasteiger partial charge in [-0.15, -0.1) is 0 Å². The first-order valence-corrected chi connectivity index (χ1v) is 14.1. The van der Waals surface area contributed by atoms with Crippen LogP contribution in [0, 0.1) is 12.8 Å². The van der Waals surface area contributed by atoms with Crippen molar-refractivity contribution in [3.63, 3.8) is 0 Å². The number of hydrogen-bond acceptors (Lipinski definition) is 6. The number of para-hydroxylation sites is 1. The number of nitrogens with one attached hydrogen (secondary N) is 1. The molecule has 1 amide bonds. The van der Waals surface area contributed by atoms with E-state index in [9.17, 15) is 9.59 Å². The molecule has 1 saturated heterocycles. The van der Waals surface area contributed by atoms with Crippen molar-refractivity contribution in [3.8, 4) is 16.9 Å². The van der Waals surface area contributed by atoms with E-state index in [4.69, 9.17) is 9.84 Å². The van der Waals surface area contributed by atoms with Crippen LogP contribution in [-0.2, 0) is 16.0 Å². The summed E-state index contributed by atoms with van der Waals surface area (Å²) < 4.78 is 7.21. The van der Waals surface area contributed by atoms with Crippen LogP contribution in [0.25, 0.3) is 16.9 Å². The largest absolute Gasteiger partial charge is 0.383 e. The van der Waals surface area contributed by atoms with Crippen LogP contribution in [0.4, 0.5) is 0 Å². The van der Waals surface area contributed by atoms with Gasteiger partial charge in [0.1, 0.15) is 11.5 Å². The first kappa shape index (κ1) is 28.4. The first-order chi connectivity index (χ1) is 20.0. The number of amides is 1. The first-order valence-electron chi connectivity index (χ1n) is 14.1. The van der Waals surface area contributed by atoms with E-state index in [0.717, 1.165) is 47.8 Å². The fourth-order valence-corrected chi connectivity index (χ4v) is 5.79. The number of benzene rings is 2. The number of Topliss-reactive ketones (excluding diaryl/α,β-unsaturated/α-hetero) is 1. The lowest BCUT2D eigenvalue weighted by Crippen LogP contribution is -2.25. The van der Waals surface area contributed by atoms with Crippen molar-refractivity contribution in [2.24, 2.45) is 5.92 Å². The molecule has 0 spiro atoms. The molecular weight excluding hydrogens is 514 g/mol. The van der Waals surface area contributed by atoms with Gasteiger partial charge < -0.3 is 15.0 Å². The Labute approximate surface area is 241 Å². The number of rotatable bonds is 11. The highest BCUT2D eigenvalue weighted by Crippen LogP contribution is 2.35. The number of carbonyl (C=O) groups is 2. The van der Waals surface area contributed by atoms with E-state index >= 15 is 0 Å². The third-order valence-corrected chi connectivity index (χ3v) is 7.95. The molecule has 2 aromatic carbocycles. The third-order valence-electron chi connectivity index (χ3n) is 7.95. The van der Waals surface area contributed by atoms with Crippen LogP contribution in [0.5, 0.6) is 0 Å². The topological polar surface area (TPSA) is 89.4 Å². The maximum Gasteiger partial charge on any atom is 0.269 e. The van der Waals surface area contributed by atoms with Gasteiger partial charge in [0.2, 0.25) is 0 Å². The predicted octanol–water partition coefficient (Wildman–Crippen LogP) is 4.47. The van der Waals surface area contributed by atoms with Crippen LogP contribution in [0.15, 0.2) is 79.0 Å². The summed E-state index contributed by atoms with van der Waals surface area (Å²) in [4.78, 5) is 32.5. The molecule has 0 bridgehead atoms. The summed E-state index contributed by atoms with van der Waals surface area (Å²) in [7, 11) is 3.31. The van der Waals surface area contributed by atoms with E-state index < -0.39 is 0 Å². The maximum absolute atomic E-state index is 13.8. The van der Waals surface area contributed by atoms with Crippen molar-refractivity contribution in [2.75, 3.05) is 40.4 Å². The molecule has 1 fully saturated rings. The smallest absolute Gasteiger partial charge is 0.269 e. The molecule has 1 aliphatic heterocycles. The van der Waals surface area contributed by atoms with Crippen molar-refractivity contribution in [1.29, 1.82) is 0 Å². The molecule has 8 nitrogen and oxygen atoms in total. The van der Waals surface area contributed by atoms with Crippen molar-refractivity contribution < 1.29 is 14.3 Å². The summed E-state index contributed by atoms with van der Waals surface area (Å²) in [5.74, 6) is 0.494. The lowest BCUT2D eigenvalue weighted by atomic mass is 9.85. The van der Waals surface area contributed by atoms with Gasteiger partial charge in [-0.1, -0.05) is 48.5 Å². The zero-order valence-electron chi connectivity index (χ0n) is 23.9. The molecule has 4 aromatic rings. The summed E-state index contributed by atoms with van der Waals surface area (Å²) in [5, 5.41) is 7.54. The Morgan fingerprint density at radius 3 is 2.39 bits per heavy atom. The second-order valence-electron chi connectivity index (χ2n) is 10.6. The van der Waals surface area contributed by atoms with Crippen LogP contribution in [0.1, 0.15) is 39.6 Å². The second kappa shape index (κ2) is 13.0. The van der Waals surface area contributed by atoms with Crippen LogP contribution < -0.4 is 5.32 Å². The molecule has 0 aliphatic carbocycles. The van der Waals surface area contributed by atoms with Gasteiger partial charge in [-0.3, -0.25) is 14.6 Å². The molecule has 5 rings (SSSR count). The Morgan fingerprint density at radius 1 is 1.00 bits per heavy atom. The molecule has 1 N–H and O–H groups in total. The zero-order chi connectivity index (χ0) is 28.8. The van der Waals surface area contributed by atoms with Crippen LogP contribution in [0.2, 0.25) is 0 Å². The molecule has 0 saturated carbocycles. The Morgan fingerprint density at radius 2 is 1.73 bits per heavy atom. The summed E-state index contributed by atoms with van der Waals surface area (Å²) >= 11 is 0. The van der Waals surface area contributed by atoms with E-state index in [0.29, 0.717) is 24.6 Å². The summed E-state index contributed by atoms with van der Waals surface area (Å²) in [6.45, 7) is 5.35. The maximum atomic E-state index is 13.8. The Hall–Kier alpha value is -4.14. The highest BCUT2D eigenvalue weighted by molar-refractivity contribution is 5.92. The van der Waals surface area contributed by atoms with Gasteiger partial charge in [0.15, 0.2) is 0 Å². The number of aromatic nitrogens is 3. The number of hydrogen-bond donors (Lipinski definition) is 1. The predicted molar refractivity (Wildman–Crippen MR) is 159 cm³/mol. The number of ketones is 1. The van der Waals surface area contributed by atoms with Gasteiger partial charge in [-0.2, -0.15) is 5.10 Å². The van der Waals surface area contributed by atoms with Crippen LogP contribution in [-0.4, -0.2) is 71.8 Å². The Kier molecular flexibility index (Phi) is 9.01. The summed E-state index contributed by atoms with van der Waals surface area (Å²) in [6.07, 6.45) is 2.45. The van der Waals surface area contributed by atoms with E-state index in [1.807, 2.05) is 54.1 Å². The highest BCUT2D eigenvalue weighted by Gasteiger charge is 2.35. The minimum Gasteiger partial charge on any atom is -0.383 e. The lowest BCUT2D eigenvalue weighted by Gasteiger charge is -2.18. The normalized spacial score (nSPS) is 17.0. The second-order valence-corrected chi connectivity index (χ2v) is 10.6. The molecule has 8 heteroatoms. The van der Waals surface area contributed by atoms with Gasteiger partial charge in [-0.05, 0) is 48.2 Å². The molecule has 3 heterocycles. The van der Waals surface area contributed by atoms with E-state index in [-0.39, 0.29) is 24.0 Å². The average Bonchev–Trinajstić information content (AvgIpc) is 3.56. The molecule has 0 radical (unpaired) electrons. The number of likely N-dealkylation sites (tertiary alicyclic amines) is 1. The van der Waals surface area contributed by atoms with E-state index in [1.165, 1.54) is 5.56 Å². The molecule has 212 valence electrons. The fourth-order valence-electron chi connectivity index (χ4n) is 5.79. The van der Waals surface area contributed by atoms with Crippen molar-refractivity contribution >= 4 is 11.7 Å². The molecule has 1 aliphatic rings. The molecular formula is C33H37N5O3. The average molecular weight is 552 g/mol. The van der Waals surface area contributed by atoms with Gasteiger partial charge in [0.25, 0.3) is 5.91 Å². The number of pyridine rings is 1. The van der Waals surface area contributed by atoms with Gasteiger partial charge in [0.05, 0.1) is 23.7 Å². The highest BCUT2D eigenvalue weighted by atomic mass is 16.5. The van der Waals surface area contributed by atoms with Crippen LogP contribution in [0.3, 0.4) is 0 Å². The fraction of sp³-hybridized carbons (Fsp3) is 0.333. The molecule has 2 aromatic heterocycles. The third kappa shape index (κ3) is 6.45. The van der Waals surface area contributed by atoms with Gasteiger partial charge in [0, 0.05) is 64.3 Å². The van der Waals surface area contributed by atoms with Crippen LogP contribution >= 0.6 is 0 Å². The molecule has 2 atom stereocenters. The summed E-state index contributed by atoms with van der Waals surface area (Å²) in [6, 6.07) is 24.0. The Balaban J connectivity index is 1.42. The standard InChI is InChI=1S/C33H37N5O3/c1-23-31(19-28(39)18-26-21-37(16-17-41-3)22-29(26)24-10-6-4-7-11-24)38(27-12-8-5-9-13-27)36-32(23)25-14-15-30(35-20-25)33(40)34-2/h4-15,20,26,29H,16-19,21-22H2,1-3H3,(H,34,40)/t26-,29+/m1/s1. The number of carbonyl (C=O) groups excluding carboxylic acids is 2. The quantitative estimate of drug-likeness (QED) is 0.296. The SMILES string of the molecule is CNC(=O)c1ccc(-c2nn(-c3ccccc3)c(CC(=O)C[C@@H]3CN(CCOC)C[C@H]3c3ccccc3)c2C)cn1. The van der Waals surface area contributed by atoms with E-state index in [2.05, 4.69) is 39.5 Å².